The summed E-state index contributed by atoms with van der Waals surface area (Å²) in [5, 5.41) is 13.5. The number of nitrogens with two attached hydrogens (primary N) is 1. The summed E-state index contributed by atoms with van der Waals surface area (Å²) in [6.07, 6.45) is 7.42. The first-order chi connectivity index (χ1) is 16.9. The highest BCUT2D eigenvalue weighted by atomic mass is 16.6. The van der Waals surface area contributed by atoms with Gasteiger partial charge in [-0.15, -0.1) is 0 Å². The second kappa shape index (κ2) is 11.4. The fourth-order valence-corrected chi connectivity index (χ4v) is 5.30. The van der Waals surface area contributed by atoms with Gasteiger partial charge in [-0.25, -0.2) is 4.79 Å². The largest absolute Gasteiger partial charge is 0.444 e. The molecule has 0 aromatic carbocycles. The predicted octanol–water partition coefficient (Wildman–Crippen LogP) is 2.84. The minimum atomic E-state index is -0.863. The average molecular weight is 501 g/mol. The molecule has 2 fully saturated rings. The third kappa shape index (κ3) is 6.40. The molecule has 3 rings (SSSR count). The van der Waals surface area contributed by atoms with Crippen molar-refractivity contribution in [2.24, 2.45) is 11.7 Å². The average Bonchev–Trinajstić information content (AvgIpc) is 3.27. The van der Waals surface area contributed by atoms with Crippen LogP contribution < -0.4 is 16.4 Å². The molecule has 1 aliphatic heterocycles. The van der Waals surface area contributed by atoms with E-state index in [-0.39, 0.29) is 35.8 Å². The van der Waals surface area contributed by atoms with Crippen LogP contribution in [0.4, 0.5) is 4.79 Å². The van der Waals surface area contributed by atoms with Crippen LogP contribution in [0.5, 0.6) is 0 Å². The molecule has 1 aliphatic carbocycles. The maximum Gasteiger partial charge on any atom is 0.413 e. The number of amides is 3. The lowest BCUT2D eigenvalue weighted by Gasteiger charge is -2.45. The van der Waals surface area contributed by atoms with E-state index >= 15 is 0 Å². The number of pyridine rings is 1. The summed E-state index contributed by atoms with van der Waals surface area (Å²) in [6.45, 7) is 7.70. The van der Waals surface area contributed by atoms with Crippen LogP contribution >= 0.6 is 0 Å². The van der Waals surface area contributed by atoms with Crippen LogP contribution in [-0.2, 0) is 20.9 Å². The van der Waals surface area contributed by atoms with Crippen molar-refractivity contribution in [3.63, 3.8) is 0 Å². The standard InChI is InChI=1S/C26H40N6O4/c1-17(27)22(33)32-14-8-13-26(32,19-9-6-5-7-10-19)23(34)30-16-18-11-12-20(29-15-18)21(28)31-24(35)36-25(2,3)4/h11-12,15,17,19H,5-10,13-14,16,27H2,1-4H3,(H,30,34)(H2,28,31,35)/t17-,26+/m0/s1. The van der Waals surface area contributed by atoms with E-state index in [1.807, 2.05) is 0 Å². The van der Waals surface area contributed by atoms with E-state index < -0.39 is 23.3 Å². The second-order valence-electron chi connectivity index (χ2n) is 10.9. The molecule has 1 saturated carbocycles. The van der Waals surface area contributed by atoms with E-state index in [0.717, 1.165) is 44.1 Å². The van der Waals surface area contributed by atoms with Crippen molar-refractivity contribution < 1.29 is 19.1 Å². The van der Waals surface area contributed by atoms with Crippen LogP contribution in [0.15, 0.2) is 18.3 Å². The Morgan fingerprint density at radius 3 is 2.50 bits per heavy atom. The Morgan fingerprint density at radius 1 is 1.22 bits per heavy atom. The molecule has 0 spiro atoms. The number of ether oxygens (including phenoxy) is 1. The highest BCUT2D eigenvalue weighted by Crippen LogP contribution is 2.43. The molecule has 36 heavy (non-hydrogen) atoms. The summed E-state index contributed by atoms with van der Waals surface area (Å²) in [7, 11) is 0. The molecule has 2 heterocycles. The molecule has 10 nitrogen and oxygen atoms in total. The Kier molecular flexibility index (Phi) is 8.71. The van der Waals surface area contributed by atoms with Crippen LogP contribution in [-0.4, -0.2) is 57.4 Å². The quantitative estimate of drug-likeness (QED) is 0.348. The van der Waals surface area contributed by atoms with Gasteiger partial charge in [0, 0.05) is 19.3 Å². The number of hydrogen-bond donors (Lipinski definition) is 4. The lowest BCUT2D eigenvalue weighted by Crippen LogP contribution is -2.63. The van der Waals surface area contributed by atoms with E-state index in [2.05, 4.69) is 15.6 Å². The Hall–Kier alpha value is -3.01. The van der Waals surface area contributed by atoms with Gasteiger partial charge in [-0.3, -0.25) is 25.3 Å². The normalized spacial score (nSPS) is 21.5. The molecule has 5 N–H and O–H groups in total. The monoisotopic (exact) mass is 500 g/mol. The molecule has 0 radical (unpaired) electrons. The van der Waals surface area contributed by atoms with Crippen LogP contribution in [0, 0.1) is 11.3 Å². The minimum absolute atomic E-state index is 0.122. The molecular formula is C26H40N6O4. The number of nitrogens with zero attached hydrogens (tertiary/aromatic N) is 2. The van der Waals surface area contributed by atoms with Gasteiger partial charge in [-0.1, -0.05) is 25.3 Å². The van der Waals surface area contributed by atoms with Crippen LogP contribution in [0.2, 0.25) is 0 Å². The molecule has 10 heteroatoms. The maximum absolute atomic E-state index is 13.7. The number of amidine groups is 1. The molecule has 2 atom stereocenters. The fourth-order valence-electron chi connectivity index (χ4n) is 5.30. The van der Waals surface area contributed by atoms with Crippen molar-refractivity contribution >= 4 is 23.7 Å². The maximum atomic E-state index is 13.7. The number of rotatable bonds is 6. The van der Waals surface area contributed by atoms with E-state index in [1.54, 1.807) is 50.9 Å². The molecule has 198 valence electrons. The van der Waals surface area contributed by atoms with Crippen LogP contribution in [0.25, 0.3) is 0 Å². The van der Waals surface area contributed by atoms with Gasteiger partial charge in [-0.05, 0) is 70.9 Å². The second-order valence-corrected chi connectivity index (χ2v) is 10.9. The summed E-state index contributed by atoms with van der Waals surface area (Å²) >= 11 is 0. The first-order valence-electron chi connectivity index (χ1n) is 12.8. The summed E-state index contributed by atoms with van der Waals surface area (Å²) < 4.78 is 5.16. The van der Waals surface area contributed by atoms with Crippen LogP contribution in [0.1, 0.15) is 83.9 Å². The SMILES string of the molecule is C[C@H](N)C(=O)N1CCC[C@]1(C(=O)NCc1ccc(C(=N)NC(=O)OC(C)(C)C)nc1)C1CCCCC1. The molecule has 3 amide bonds. The predicted molar refractivity (Wildman–Crippen MR) is 136 cm³/mol. The topological polar surface area (TPSA) is 150 Å². The Bertz CT molecular complexity index is 966. The number of nitrogens with one attached hydrogen (secondary N) is 3. The Balaban J connectivity index is 1.68. The number of carbonyl (C=O) groups is 3. The van der Waals surface area contributed by atoms with Gasteiger partial charge in [0.1, 0.15) is 16.8 Å². The van der Waals surface area contributed by atoms with Gasteiger partial charge in [0.15, 0.2) is 5.84 Å². The first kappa shape index (κ1) is 27.6. The molecule has 2 aliphatic rings. The van der Waals surface area contributed by atoms with Gasteiger partial charge in [0.05, 0.1) is 6.04 Å². The zero-order chi connectivity index (χ0) is 26.5. The Morgan fingerprint density at radius 2 is 1.92 bits per heavy atom. The first-order valence-corrected chi connectivity index (χ1v) is 12.8. The minimum Gasteiger partial charge on any atom is -0.444 e. The van der Waals surface area contributed by atoms with E-state index in [4.69, 9.17) is 15.9 Å². The number of hydrogen-bond acceptors (Lipinski definition) is 7. The third-order valence-corrected chi connectivity index (χ3v) is 6.91. The summed E-state index contributed by atoms with van der Waals surface area (Å²) in [5.74, 6) is -0.358. The van der Waals surface area contributed by atoms with Gasteiger partial charge < -0.3 is 20.7 Å². The van der Waals surface area contributed by atoms with Crippen LogP contribution in [0.3, 0.4) is 0 Å². The van der Waals surface area contributed by atoms with Gasteiger partial charge >= 0.3 is 6.09 Å². The number of aromatic nitrogens is 1. The third-order valence-electron chi connectivity index (χ3n) is 6.91. The molecule has 0 unspecified atom stereocenters. The van der Waals surface area contributed by atoms with Crippen molar-refractivity contribution in [2.75, 3.05) is 6.54 Å². The Labute approximate surface area is 213 Å². The van der Waals surface area contributed by atoms with Gasteiger partial charge in [0.25, 0.3) is 0 Å². The fraction of sp³-hybridized carbons (Fsp3) is 0.654. The lowest BCUT2D eigenvalue weighted by atomic mass is 9.72. The molecule has 1 aromatic rings. The van der Waals surface area contributed by atoms with E-state index in [0.29, 0.717) is 13.0 Å². The molecule has 1 saturated heterocycles. The lowest BCUT2D eigenvalue weighted by molar-refractivity contribution is -0.150. The summed E-state index contributed by atoms with van der Waals surface area (Å²) in [6, 6.07) is 2.71. The van der Waals surface area contributed by atoms with Crippen molar-refractivity contribution in [1.29, 1.82) is 5.41 Å². The summed E-state index contributed by atoms with van der Waals surface area (Å²) in [4.78, 5) is 44.6. The highest BCUT2D eigenvalue weighted by molar-refractivity contribution is 6.03. The van der Waals surface area contributed by atoms with Crippen molar-refractivity contribution in [2.45, 2.75) is 96.4 Å². The molecule has 1 aromatic heterocycles. The van der Waals surface area contributed by atoms with Crippen molar-refractivity contribution in [3.8, 4) is 0 Å². The zero-order valence-corrected chi connectivity index (χ0v) is 21.9. The number of likely N-dealkylation sites (tertiary alicyclic amines) is 1. The van der Waals surface area contributed by atoms with Crippen molar-refractivity contribution in [1.82, 2.24) is 20.5 Å². The highest BCUT2D eigenvalue weighted by Gasteiger charge is 2.54. The van der Waals surface area contributed by atoms with E-state index in [9.17, 15) is 14.4 Å². The molecular weight excluding hydrogens is 460 g/mol. The van der Waals surface area contributed by atoms with Gasteiger partial charge in [-0.2, -0.15) is 0 Å². The van der Waals surface area contributed by atoms with Gasteiger partial charge in [0.2, 0.25) is 11.8 Å². The zero-order valence-electron chi connectivity index (χ0n) is 21.9. The smallest absolute Gasteiger partial charge is 0.413 e. The number of carbonyl (C=O) groups excluding carboxylic acids is 3. The van der Waals surface area contributed by atoms with Crippen molar-refractivity contribution in [3.05, 3.63) is 29.6 Å². The summed E-state index contributed by atoms with van der Waals surface area (Å²) in [5.41, 5.74) is 5.44. The number of alkyl carbamates (subject to hydrolysis) is 1. The molecule has 0 bridgehead atoms. The van der Waals surface area contributed by atoms with E-state index in [1.165, 1.54) is 0 Å².